The van der Waals surface area contributed by atoms with Gasteiger partial charge in [0.2, 0.25) is 0 Å². The molecule has 2 aliphatic rings. The van der Waals surface area contributed by atoms with Crippen LogP contribution in [0.15, 0.2) is 27.7 Å². The molecule has 1 aromatic carbocycles. The number of aliphatic imine (C=N–C) groups is 1. The molecule has 0 bridgehead atoms. The fourth-order valence-corrected chi connectivity index (χ4v) is 2.72. The summed E-state index contributed by atoms with van der Waals surface area (Å²) in [5.74, 6) is -2.50. The van der Waals surface area contributed by atoms with Crippen molar-refractivity contribution in [3.63, 3.8) is 0 Å². The van der Waals surface area contributed by atoms with E-state index in [1.54, 1.807) is 4.90 Å². The smallest absolute Gasteiger partial charge is 0.272 e. The SMILES string of the molecule is FC1(F)CN(CC2=NCc3cc(Br)ccc32)C1. The maximum Gasteiger partial charge on any atom is 0.272 e. The van der Waals surface area contributed by atoms with Gasteiger partial charge in [-0.05, 0) is 17.7 Å². The van der Waals surface area contributed by atoms with Crippen LogP contribution in [-0.4, -0.2) is 36.2 Å². The Labute approximate surface area is 106 Å². The number of hydrogen-bond acceptors (Lipinski definition) is 2. The quantitative estimate of drug-likeness (QED) is 0.820. The number of rotatable bonds is 2. The van der Waals surface area contributed by atoms with Crippen molar-refractivity contribution >= 4 is 21.6 Å². The summed E-state index contributed by atoms with van der Waals surface area (Å²) >= 11 is 3.41. The van der Waals surface area contributed by atoms with Crippen molar-refractivity contribution in [1.82, 2.24) is 4.90 Å². The number of alkyl halides is 2. The van der Waals surface area contributed by atoms with E-state index in [0.29, 0.717) is 13.1 Å². The van der Waals surface area contributed by atoms with Gasteiger partial charge in [0, 0.05) is 16.6 Å². The highest BCUT2D eigenvalue weighted by molar-refractivity contribution is 9.10. The standard InChI is InChI=1S/C12H11BrF2N2/c13-9-1-2-10-8(3-9)4-16-11(10)5-17-6-12(14,15)7-17/h1-3H,4-7H2. The first-order chi connectivity index (χ1) is 8.03. The molecule has 0 atom stereocenters. The van der Waals surface area contributed by atoms with Crippen LogP contribution in [0.5, 0.6) is 0 Å². The van der Waals surface area contributed by atoms with Gasteiger partial charge < -0.3 is 0 Å². The number of likely N-dealkylation sites (tertiary alicyclic amines) is 1. The predicted molar refractivity (Wildman–Crippen MR) is 65.8 cm³/mol. The summed E-state index contributed by atoms with van der Waals surface area (Å²) in [6.07, 6.45) is 0. The molecule has 0 radical (unpaired) electrons. The first-order valence-electron chi connectivity index (χ1n) is 5.46. The second kappa shape index (κ2) is 3.85. The van der Waals surface area contributed by atoms with Crippen LogP contribution in [0.25, 0.3) is 0 Å². The van der Waals surface area contributed by atoms with Crippen molar-refractivity contribution < 1.29 is 8.78 Å². The van der Waals surface area contributed by atoms with Crippen molar-refractivity contribution in [3.8, 4) is 0 Å². The average Bonchev–Trinajstić information content (AvgIpc) is 2.58. The Balaban J connectivity index is 1.72. The second-order valence-corrected chi connectivity index (χ2v) is 5.48. The van der Waals surface area contributed by atoms with E-state index < -0.39 is 5.92 Å². The minimum absolute atomic E-state index is 0.141. The lowest BCUT2D eigenvalue weighted by atomic mass is 10.0. The van der Waals surface area contributed by atoms with E-state index in [2.05, 4.69) is 20.9 Å². The molecular formula is C12H11BrF2N2. The van der Waals surface area contributed by atoms with Crippen LogP contribution in [0.3, 0.4) is 0 Å². The Morgan fingerprint density at radius 2 is 2.12 bits per heavy atom. The van der Waals surface area contributed by atoms with E-state index in [1.807, 2.05) is 18.2 Å². The van der Waals surface area contributed by atoms with Crippen molar-refractivity contribution in [1.29, 1.82) is 0 Å². The Kier molecular flexibility index (Phi) is 2.56. The molecule has 17 heavy (non-hydrogen) atoms. The van der Waals surface area contributed by atoms with Crippen LogP contribution in [0.4, 0.5) is 8.78 Å². The van der Waals surface area contributed by atoms with Crippen molar-refractivity contribution in [3.05, 3.63) is 33.8 Å². The fourth-order valence-electron chi connectivity index (χ4n) is 2.31. The van der Waals surface area contributed by atoms with Gasteiger partial charge in [0.05, 0.1) is 25.3 Å². The summed E-state index contributed by atoms with van der Waals surface area (Å²) in [4.78, 5) is 6.16. The van der Waals surface area contributed by atoms with Gasteiger partial charge >= 0.3 is 0 Å². The molecule has 0 unspecified atom stereocenters. The van der Waals surface area contributed by atoms with Gasteiger partial charge in [-0.1, -0.05) is 22.0 Å². The minimum Gasteiger partial charge on any atom is -0.285 e. The van der Waals surface area contributed by atoms with E-state index in [-0.39, 0.29) is 13.1 Å². The topological polar surface area (TPSA) is 15.6 Å². The molecule has 1 fully saturated rings. The largest absolute Gasteiger partial charge is 0.285 e. The minimum atomic E-state index is -2.50. The number of hydrogen-bond donors (Lipinski definition) is 0. The van der Waals surface area contributed by atoms with Crippen molar-refractivity contribution in [2.45, 2.75) is 12.5 Å². The Morgan fingerprint density at radius 1 is 1.35 bits per heavy atom. The highest BCUT2D eigenvalue weighted by Gasteiger charge is 2.44. The average molecular weight is 301 g/mol. The lowest BCUT2D eigenvalue weighted by Gasteiger charge is -2.38. The predicted octanol–water partition coefficient (Wildman–Crippen LogP) is 2.70. The maximum atomic E-state index is 12.7. The lowest BCUT2D eigenvalue weighted by Crippen LogP contribution is -2.57. The number of fused-ring (bicyclic) bond motifs is 1. The Hall–Kier alpha value is -0.810. The highest BCUT2D eigenvalue weighted by atomic mass is 79.9. The normalized spacial score (nSPS) is 21.9. The number of benzene rings is 1. The first kappa shape index (κ1) is 11.3. The number of halogens is 3. The molecule has 0 aliphatic carbocycles. The second-order valence-electron chi connectivity index (χ2n) is 4.57. The van der Waals surface area contributed by atoms with Crippen LogP contribution < -0.4 is 0 Å². The summed E-state index contributed by atoms with van der Waals surface area (Å²) in [5.41, 5.74) is 3.20. The highest BCUT2D eigenvalue weighted by Crippen LogP contribution is 2.29. The summed E-state index contributed by atoms with van der Waals surface area (Å²) in [6, 6.07) is 6.00. The monoisotopic (exact) mass is 300 g/mol. The Morgan fingerprint density at radius 3 is 2.82 bits per heavy atom. The maximum absolute atomic E-state index is 12.7. The van der Waals surface area contributed by atoms with E-state index >= 15 is 0 Å². The van der Waals surface area contributed by atoms with Gasteiger partial charge in [-0.15, -0.1) is 0 Å². The number of nitrogens with zero attached hydrogens (tertiary/aromatic N) is 2. The molecule has 0 saturated carbocycles. The fraction of sp³-hybridized carbons (Fsp3) is 0.417. The van der Waals surface area contributed by atoms with Crippen LogP contribution >= 0.6 is 15.9 Å². The van der Waals surface area contributed by atoms with E-state index in [9.17, 15) is 8.78 Å². The molecule has 2 aliphatic heterocycles. The summed E-state index contributed by atoms with van der Waals surface area (Å²) in [6.45, 7) is 0.911. The molecule has 0 N–H and O–H groups in total. The van der Waals surface area contributed by atoms with E-state index in [1.165, 1.54) is 5.56 Å². The van der Waals surface area contributed by atoms with Crippen LogP contribution in [0, 0.1) is 0 Å². The molecule has 90 valence electrons. The third-order valence-electron chi connectivity index (χ3n) is 3.10. The molecule has 2 heterocycles. The molecule has 0 amide bonds. The molecular weight excluding hydrogens is 290 g/mol. The molecule has 2 nitrogen and oxygen atoms in total. The van der Waals surface area contributed by atoms with Gasteiger partial charge in [-0.3, -0.25) is 9.89 Å². The molecule has 1 aromatic rings. The van der Waals surface area contributed by atoms with Gasteiger partial charge in [-0.25, -0.2) is 8.78 Å². The Bertz CT molecular complexity index is 491. The van der Waals surface area contributed by atoms with Crippen molar-refractivity contribution in [2.24, 2.45) is 4.99 Å². The third kappa shape index (κ3) is 2.13. The van der Waals surface area contributed by atoms with Gasteiger partial charge in [0.1, 0.15) is 0 Å². The zero-order chi connectivity index (χ0) is 12.0. The third-order valence-corrected chi connectivity index (χ3v) is 3.59. The molecule has 5 heteroatoms. The van der Waals surface area contributed by atoms with Crippen molar-refractivity contribution in [2.75, 3.05) is 19.6 Å². The summed E-state index contributed by atoms with van der Waals surface area (Å²) in [7, 11) is 0. The van der Waals surface area contributed by atoms with Gasteiger partial charge in [0.25, 0.3) is 5.92 Å². The van der Waals surface area contributed by atoms with Crippen LogP contribution in [-0.2, 0) is 6.54 Å². The van der Waals surface area contributed by atoms with Gasteiger partial charge in [-0.2, -0.15) is 0 Å². The van der Waals surface area contributed by atoms with E-state index in [4.69, 9.17) is 0 Å². The molecule has 0 aromatic heterocycles. The van der Waals surface area contributed by atoms with Crippen LogP contribution in [0.1, 0.15) is 11.1 Å². The zero-order valence-corrected chi connectivity index (χ0v) is 10.7. The summed E-state index contributed by atoms with van der Waals surface area (Å²) in [5, 5.41) is 0. The van der Waals surface area contributed by atoms with E-state index in [0.717, 1.165) is 15.7 Å². The molecule has 1 saturated heterocycles. The molecule has 0 spiro atoms. The summed E-state index contributed by atoms with van der Waals surface area (Å²) < 4.78 is 26.5. The van der Waals surface area contributed by atoms with Gasteiger partial charge in [0.15, 0.2) is 0 Å². The first-order valence-corrected chi connectivity index (χ1v) is 6.25. The lowest BCUT2D eigenvalue weighted by molar-refractivity contribution is -0.124. The zero-order valence-electron chi connectivity index (χ0n) is 9.09. The molecule has 3 rings (SSSR count). The van der Waals surface area contributed by atoms with Crippen LogP contribution in [0.2, 0.25) is 0 Å².